The van der Waals surface area contributed by atoms with Crippen LogP contribution in [0.15, 0.2) is 49.1 Å². The summed E-state index contributed by atoms with van der Waals surface area (Å²) in [6, 6.07) is 7.81. The summed E-state index contributed by atoms with van der Waals surface area (Å²) in [6.45, 7) is 1.97. The van der Waals surface area contributed by atoms with Crippen LogP contribution < -0.4 is 10.1 Å². The van der Waals surface area contributed by atoms with Crippen LogP contribution in [0.1, 0.15) is 12.8 Å². The third kappa shape index (κ3) is 3.38. The zero-order valence-corrected chi connectivity index (χ0v) is 16.7. The average Bonchev–Trinajstić information content (AvgIpc) is 3.43. The van der Waals surface area contributed by atoms with E-state index < -0.39 is 0 Å². The molecule has 6 heterocycles. The van der Waals surface area contributed by atoms with E-state index in [1.807, 2.05) is 24.3 Å². The number of nitrogens with one attached hydrogen (secondary N) is 3. The van der Waals surface area contributed by atoms with E-state index in [1.165, 1.54) is 0 Å². The number of ether oxygens (including phenoxy) is 1. The zero-order valence-electron chi connectivity index (χ0n) is 16.7. The fourth-order valence-electron chi connectivity index (χ4n) is 3.94. The lowest BCUT2D eigenvalue weighted by Crippen LogP contribution is -2.34. The molecule has 0 atom stereocenters. The molecule has 1 fully saturated rings. The molecule has 0 amide bonds. The zero-order chi connectivity index (χ0) is 20.6. The van der Waals surface area contributed by atoms with E-state index in [2.05, 4.69) is 40.4 Å². The van der Waals surface area contributed by atoms with Crippen LogP contribution in [0.5, 0.6) is 5.75 Å². The molecule has 0 aromatic carbocycles. The number of fused-ring (bicyclic) bond motifs is 2. The summed E-state index contributed by atoms with van der Waals surface area (Å²) in [7, 11) is 0. The smallest absolute Gasteiger partial charge is 0.178 e. The predicted octanol–water partition coefficient (Wildman–Crippen LogP) is 3.09. The number of H-pyrrole nitrogens is 2. The van der Waals surface area contributed by atoms with Gasteiger partial charge in [0.05, 0.1) is 29.1 Å². The highest BCUT2D eigenvalue weighted by atomic mass is 16.5. The Hall–Kier alpha value is -3.85. The van der Waals surface area contributed by atoms with Crippen molar-refractivity contribution in [2.75, 3.05) is 13.1 Å². The van der Waals surface area contributed by atoms with Gasteiger partial charge in [-0.05, 0) is 50.2 Å². The lowest BCUT2D eigenvalue weighted by atomic mass is 10.1. The molecule has 9 heteroatoms. The SMILES string of the molecule is c1cnc2nc(-c3n[nH]c4cnc(-c5cncc(OC6CCNCC6)c5)cc34)[nH]c2c1. The first-order valence-corrected chi connectivity index (χ1v) is 10.3. The van der Waals surface area contributed by atoms with Gasteiger partial charge in [-0.1, -0.05) is 0 Å². The quantitative estimate of drug-likeness (QED) is 0.415. The molecular weight excluding hydrogens is 392 g/mol. The monoisotopic (exact) mass is 412 g/mol. The van der Waals surface area contributed by atoms with Crippen molar-refractivity contribution in [1.82, 2.24) is 40.4 Å². The van der Waals surface area contributed by atoms with Crippen molar-refractivity contribution in [1.29, 1.82) is 0 Å². The Morgan fingerprint density at radius 2 is 1.94 bits per heavy atom. The van der Waals surface area contributed by atoms with Gasteiger partial charge in [0.25, 0.3) is 0 Å². The molecule has 0 aliphatic carbocycles. The molecule has 6 rings (SSSR count). The van der Waals surface area contributed by atoms with Gasteiger partial charge >= 0.3 is 0 Å². The van der Waals surface area contributed by atoms with Crippen molar-refractivity contribution in [3.63, 3.8) is 0 Å². The third-order valence-corrected chi connectivity index (χ3v) is 5.53. The molecule has 5 aromatic heterocycles. The maximum atomic E-state index is 6.15. The Bertz CT molecular complexity index is 1340. The molecule has 0 radical (unpaired) electrons. The van der Waals surface area contributed by atoms with Gasteiger partial charge in [-0.25, -0.2) is 9.97 Å². The van der Waals surface area contributed by atoms with E-state index in [0.717, 1.165) is 65.1 Å². The van der Waals surface area contributed by atoms with Gasteiger partial charge in [0.2, 0.25) is 0 Å². The molecule has 1 saturated heterocycles. The largest absolute Gasteiger partial charge is 0.489 e. The van der Waals surface area contributed by atoms with E-state index >= 15 is 0 Å². The lowest BCUT2D eigenvalue weighted by molar-refractivity contribution is 0.162. The van der Waals surface area contributed by atoms with Crippen molar-refractivity contribution in [3.05, 3.63) is 49.1 Å². The Labute approximate surface area is 177 Å². The van der Waals surface area contributed by atoms with Crippen LogP contribution in [0.25, 0.3) is 44.8 Å². The summed E-state index contributed by atoms with van der Waals surface area (Å²) in [5.41, 5.74) is 4.79. The summed E-state index contributed by atoms with van der Waals surface area (Å²) in [5.74, 6) is 1.43. The van der Waals surface area contributed by atoms with Crippen LogP contribution in [0.2, 0.25) is 0 Å². The van der Waals surface area contributed by atoms with Crippen molar-refractivity contribution in [2.24, 2.45) is 0 Å². The first-order valence-electron chi connectivity index (χ1n) is 10.3. The van der Waals surface area contributed by atoms with Gasteiger partial charge in [-0.3, -0.25) is 15.1 Å². The molecule has 0 bridgehead atoms. The Morgan fingerprint density at radius 1 is 1.00 bits per heavy atom. The van der Waals surface area contributed by atoms with Crippen LogP contribution in [0, 0.1) is 0 Å². The number of hydrogen-bond donors (Lipinski definition) is 3. The standard InChI is InChI=1S/C22H20N8O/c1-2-17-21(25-5-1)28-22(27-17)20-16-9-18(26-12-19(16)29-30-20)13-8-15(11-24-10-13)31-14-3-6-23-7-4-14/h1-2,5,8-12,14,23H,3-4,6-7H2,(H,29,30)(H,25,27,28). The van der Waals surface area contributed by atoms with E-state index in [1.54, 1.807) is 24.8 Å². The Morgan fingerprint density at radius 3 is 2.84 bits per heavy atom. The summed E-state index contributed by atoms with van der Waals surface area (Å²) >= 11 is 0. The minimum Gasteiger partial charge on any atom is -0.489 e. The van der Waals surface area contributed by atoms with E-state index in [9.17, 15) is 0 Å². The molecule has 1 aliphatic heterocycles. The summed E-state index contributed by atoms with van der Waals surface area (Å²) in [4.78, 5) is 21.1. The van der Waals surface area contributed by atoms with Crippen LogP contribution >= 0.6 is 0 Å². The van der Waals surface area contributed by atoms with Gasteiger partial charge in [-0.2, -0.15) is 5.10 Å². The van der Waals surface area contributed by atoms with Crippen LogP contribution in [0.3, 0.4) is 0 Å². The highest BCUT2D eigenvalue weighted by Crippen LogP contribution is 2.29. The lowest BCUT2D eigenvalue weighted by Gasteiger charge is -2.23. The van der Waals surface area contributed by atoms with Crippen LogP contribution in [-0.2, 0) is 0 Å². The molecule has 0 spiro atoms. The predicted molar refractivity (Wildman–Crippen MR) is 117 cm³/mol. The molecule has 0 unspecified atom stereocenters. The molecule has 1 aliphatic rings. The highest BCUT2D eigenvalue weighted by Gasteiger charge is 2.17. The fraction of sp³-hybridized carbons (Fsp3) is 0.227. The van der Waals surface area contributed by atoms with E-state index in [4.69, 9.17) is 4.74 Å². The second-order valence-electron chi connectivity index (χ2n) is 7.62. The van der Waals surface area contributed by atoms with Gasteiger partial charge in [0.1, 0.15) is 17.5 Å². The molecule has 0 saturated carbocycles. The topological polar surface area (TPSA) is 117 Å². The molecule has 154 valence electrons. The van der Waals surface area contributed by atoms with Gasteiger partial charge in [-0.15, -0.1) is 0 Å². The number of nitrogens with zero attached hydrogens (tertiary/aromatic N) is 5. The average molecular weight is 412 g/mol. The summed E-state index contributed by atoms with van der Waals surface area (Å²) in [6.07, 6.45) is 9.28. The molecule has 31 heavy (non-hydrogen) atoms. The van der Waals surface area contributed by atoms with E-state index in [0.29, 0.717) is 11.5 Å². The Kier molecular flexibility index (Phi) is 4.31. The van der Waals surface area contributed by atoms with E-state index in [-0.39, 0.29) is 6.10 Å². The minimum atomic E-state index is 0.218. The van der Waals surface area contributed by atoms with Crippen LogP contribution in [0.4, 0.5) is 0 Å². The number of aromatic amines is 2. The maximum absolute atomic E-state index is 6.15. The summed E-state index contributed by atoms with van der Waals surface area (Å²) < 4.78 is 6.15. The second-order valence-corrected chi connectivity index (χ2v) is 7.62. The first-order chi connectivity index (χ1) is 15.3. The number of piperidine rings is 1. The third-order valence-electron chi connectivity index (χ3n) is 5.53. The first kappa shape index (κ1) is 18.0. The number of rotatable bonds is 4. The number of aromatic nitrogens is 7. The highest BCUT2D eigenvalue weighted by molar-refractivity contribution is 5.94. The van der Waals surface area contributed by atoms with Crippen molar-refractivity contribution in [2.45, 2.75) is 18.9 Å². The van der Waals surface area contributed by atoms with Crippen molar-refractivity contribution in [3.8, 4) is 28.5 Å². The maximum Gasteiger partial charge on any atom is 0.178 e. The number of pyridine rings is 3. The minimum absolute atomic E-state index is 0.218. The second kappa shape index (κ2) is 7.44. The number of imidazole rings is 1. The van der Waals surface area contributed by atoms with Crippen molar-refractivity contribution >= 4 is 22.1 Å². The van der Waals surface area contributed by atoms with Gasteiger partial charge in [0.15, 0.2) is 11.5 Å². The molecule has 9 nitrogen and oxygen atoms in total. The van der Waals surface area contributed by atoms with Gasteiger partial charge in [0, 0.05) is 23.3 Å². The fourth-order valence-corrected chi connectivity index (χ4v) is 3.94. The summed E-state index contributed by atoms with van der Waals surface area (Å²) in [5, 5.41) is 11.8. The number of hydrogen-bond acceptors (Lipinski definition) is 7. The van der Waals surface area contributed by atoms with Gasteiger partial charge < -0.3 is 15.0 Å². The normalized spacial score (nSPS) is 15.0. The van der Waals surface area contributed by atoms with Crippen LogP contribution in [-0.4, -0.2) is 54.3 Å². The molecule has 5 aromatic rings. The molecular formula is C22H20N8O. The Balaban J connectivity index is 1.36. The van der Waals surface area contributed by atoms with Crippen molar-refractivity contribution < 1.29 is 4.74 Å². The molecule has 3 N–H and O–H groups in total.